The smallest absolute Gasteiger partial charge is 0.306 e. The van der Waals surface area contributed by atoms with E-state index in [0.29, 0.717) is 18.8 Å². The van der Waals surface area contributed by atoms with Gasteiger partial charge in [0.1, 0.15) is 5.82 Å². The first-order valence-corrected chi connectivity index (χ1v) is 11.1. The Morgan fingerprint density at radius 2 is 1.90 bits per heavy atom. The Bertz CT molecular complexity index is 1070. The van der Waals surface area contributed by atoms with Gasteiger partial charge in [-0.3, -0.25) is 4.79 Å². The lowest BCUT2D eigenvalue weighted by molar-refractivity contribution is -0.142. The number of carboxylic acid groups (broad SMARTS) is 1. The van der Waals surface area contributed by atoms with Crippen LogP contribution in [0.1, 0.15) is 25.7 Å². The quantitative estimate of drug-likeness (QED) is 0.584. The van der Waals surface area contributed by atoms with Crippen LogP contribution in [0.15, 0.2) is 42.7 Å². The number of anilines is 2. The molecule has 0 amide bonds. The molecule has 8 heteroatoms. The van der Waals surface area contributed by atoms with Gasteiger partial charge in [-0.25, -0.2) is 4.98 Å². The van der Waals surface area contributed by atoms with Crippen molar-refractivity contribution in [3.63, 3.8) is 0 Å². The predicted octanol–water partition coefficient (Wildman–Crippen LogP) is 2.89. The molecule has 2 aromatic heterocycles. The molecule has 1 aliphatic heterocycles. The molecule has 0 bridgehead atoms. The molecule has 0 atom stereocenters. The third-order valence-electron chi connectivity index (χ3n) is 6.46. The van der Waals surface area contributed by atoms with Crippen molar-refractivity contribution in [2.75, 3.05) is 36.4 Å². The topological polar surface area (TPSA) is 95.3 Å². The highest BCUT2D eigenvalue weighted by Gasteiger charge is 2.26. The summed E-state index contributed by atoms with van der Waals surface area (Å²) < 4.78 is 2.11. The van der Waals surface area contributed by atoms with Gasteiger partial charge in [0.25, 0.3) is 0 Å². The van der Waals surface area contributed by atoms with Crippen LogP contribution in [-0.4, -0.2) is 57.8 Å². The van der Waals surface area contributed by atoms with Crippen LogP contribution in [0.2, 0.25) is 0 Å². The summed E-state index contributed by atoms with van der Waals surface area (Å²) in [6.07, 6.45) is 6.89. The Morgan fingerprint density at radius 1 is 1.10 bits per heavy atom. The van der Waals surface area contributed by atoms with Crippen molar-refractivity contribution in [3.05, 3.63) is 42.7 Å². The van der Waals surface area contributed by atoms with Crippen LogP contribution in [-0.2, 0) is 4.79 Å². The maximum Gasteiger partial charge on any atom is 0.306 e. The number of fused-ring (bicyclic) bond motifs is 1. The van der Waals surface area contributed by atoms with Crippen molar-refractivity contribution in [1.29, 1.82) is 0 Å². The maximum atomic E-state index is 11.2. The number of nitrogens with zero attached hydrogens (tertiary/aromatic N) is 4. The number of carbonyl (C=O) groups is 1. The summed E-state index contributed by atoms with van der Waals surface area (Å²) >= 11 is 0. The van der Waals surface area contributed by atoms with Crippen LogP contribution in [0.25, 0.3) is 16.7 Å². The molecular weight excluding hydrogens is 392 g/mol. The number of piperazine rings is 1. The van der Waals surface area contributed by atoms with E-state index in [1.165, 1.54) is 11.1 Å². The number of rotatable bonds is 5. The van der Waals surface area contributed by atoms with E-state index in [2.05, 4.69) is 55.5 Å². The van der Waals surface area contributed by atoms with E-state index in [4.69, 9.17) is 4.98 Å². The second-order valence-electron chi connectivity index (χ2n) is 8.40. The van der Waals surface area contributed by atoms with Crippen molar-refractivity contribution in [3.8, 4) is 5.82 Å². The minimum Gasteiger partial charge on any atom is -0.481 e. The van der Waals surface area contributed by atoms with Gasteiger partial charge < -0.3 is 25.2 Å². The molecule has 5 rings (SSSR count). The van der Waals surface area contributed by atoms with Gasteiger partial charge in [0.2, 0.25) is 5.95 Å². The van der Waals surface area contributed by atoms with Crippen LogP contribution in [0.4, 0.5) is 11.6 Å². The summed E-state index contributed by atoms with van der Waals surface area (Å²) in [5.74, 6) is 0.512. The first-order chi connectivity index (χ1) is 15.2. The van der Waals surface area contributed by atoms with Gasteiger partial charge in [-0.05, 0) is 49.9 Å². The Labute approximate surface area is 181 Å². The lowest BCUT2D eigenvalue weighted by atomic mass is 9.86. The Balaban J connectivity index is 1.37. The van der Waals surface area contributed by atoms with Gasteiger partial charge in [-0.1, -0.05) is 6.07 Å². The normalized spacial score (nSPS) is 21.9. The molecule has 3 N–H and O–H groups in total. The minimum atomic E-state index is -0.684. The molecule has 0 unspecified atom stereocenters. The van der Waals surface area contributed by atoms with E-state index in [1.807, 2.05) is 6.07 Å². The van der Waals surface area contributed by atoms with Crippen molar-refractivity contribution in [2.45, 2.75) is 31.7 Å². The highest BCUT2D eigenvalue weighted by molar-refractivity contribution is 5.94. The molecule has 162 valence electrons. The lowest BCUT2D eigenvalue weighted by Crippen LogP contribution is -2.43. The average Bonchev–Trinajstić information content (AvgIpc) is 3.25. The minimum absolute atomic E-state index is 0.214. The van der Waals surface area contributed by atoms with E-state index in [1.54, 1.807) is 6.20 Å². The summed E-state index contributed by atoms with van der Waals surface area (Å²) in [7, 11) is 0. The highest BCUT2D eigenvalue weighted by atomic mass is 16.4. The van der Waals surface area contributed by atoms with Gasteiger partial charge in [0.15, 0.2) is 0 Å². The van der Waals surface area contributed by atoms with Crippen molar-refractivity contribution in [1.82, 2.24) is 19.9 Å². The number of aliphatic carboxylic acids is 1. The molecule has 8 nitrogen and oxygen atoms in total. The van der Waals surface area contributed by atoms with Crippen LogP contribution in [0, 0.1) is 5.92 Å². The van der Waals surface area contributed by atoms with E-state index in [0.717, 1.165) is 50.4 Å². The summed E-state index contributed by atoms with van der Waals surface area (Å²) in [4.78, 5) is 22.8. The molecule has 2 fully saturated rings. The van der Waals surface area contributed by atoms with Crippen LogP contribution >= 0.6 is 0 Å². The Morgan fingerprint density at radius 3 is 2.68 bits per heavy atom. The van der Waals surface area contributed by atoms with E-state index in [-0.39, 0.29) is 12.0 Å². The SMILES string of the molecule is O=C(O)C1CCC(Nc2nccc(-n3ccc4c(N5CCNCC5)cccc43)n2)CC1. The first kappa shape index (κ1) is 19.8. The molecule has 1 saturated carbocycles. The highest BCUT2D eigenvalue weighted by Crippen LogP contribution is 2.30. The van der Waals surface area contributed by atoms with Gasteiger partial charge in [0, 0.05) is 55.7 Å². The summed E-state index contributed by atoms with van der Waals surface area (Å²) in [6.45, 7) is 4.03. The molecule has 0 spiro atoms. The molecule has 3 heterocycles. The molecule has 2 aliphatic rings. The first-order valence-electron chi connectivity index (χ1n) is 11.1. The van der Waals surface area contributed by atoms with Gasteiger partial charge in [-0.15, -0.1) is 0 Å². The van der Waals surface area contributed by atoms with Crippen LogP contribution < -0.4 is 15.5 Å². The largest absolute Gasteiger partial charge is 0.481 e. The van der Waals surface area contributed by atoms with E-state index >= 15 is 0 Å². The standard InChI is InChI=1S/C23H28N6O2/c30-22(31)16-4-6-17(7-5-16)26-23-25-10-8-21(27-23)29-13-9-18-19(2-1-3-20(18)29)28-14-11-24-12-15-28/h1-3,8-10,13,16-17,24H,4-7,11-12,14-15H2,(H,30,31)(H,25,26,27). The molecule has 1 aromatic carbocycles. The van der Waals surface area contributed by atoms with Gasteiger partial charge >= 0.3 is 5.97 Å². The summed E-state index contributed by atoms with van der Waals surface area (Å²) in [5.41, 5.74) is 2.39. The fraction of sp³-hybridized carbons (Fsp3) is 0.435. The number of aromatic nitrogens is 3. The summed E-state index contributed by atoms with van der Waals surface area (Å²) in [5, 5.41) is 17.2. The molecule has 0 radical (unpaired) electrons. The lowest BCUT2D eigenvalue weighted by Gasteiger charge is -2.30. The second kappa shape index (κ2) is 8.55. The average molecular weight is 421 g/mol. The Hall–Kier alpha value is -3.13. The molecule has 31 heavy (non-hydrogen) atoms. The number of nitrogens with one attached hydrogen (secondary N) is 2. The maximum absolute atomic E-state index is 11.2. The number of hydrogen-bond acceptors (Lipinski definition) is 6. The van der Waals surface area contributed by atoms with Gasteiger partial charge in [-0.2, -0.15) is 4.98 Å². The molecule has 3 aromatic rings. The van der Waals surface area contributed by atoms with Crippen molar-refractivity contribution < 1.29 is 9.90 Å². The zero-order valence-electron chi connectivity index (χ0n) is 17.5. The third-order valence-corrected chi connectivity index (χ3v) is 6.46. The van der Waals surface area contributed by atoms with Gasteiger partial charge in [0.05, 0.1) is 11.4 Å². The number of hydrogen-bond donors (Lipinski definition) is 3. The number of carboxylic acids is 1. The third kappa shape index (κ3) is 4.07. The van der Waals surface area contributed by atoms with Crippen LogP contribution in [0.5, 0.6) is 0 Å². The molecule has 1 saturated heterocycles. The van der Waals surface area contributed by atoms with E-state index in [9.17, 15) is 9.90 Å². The Kier molecular flexibility index (Phi) is 5.46. The van der Waals surface area contributed by atoms with Crippen molar-refractivity contribution in [2.24, 2.45) is 5.92 Å². The van der Waals surface area contributed by atoms with Crippen molar-refractivity contribution >= 4 is 28.5 Å². The fourth-order valence-corrected chi connectivity index (χ4v) is 4.75. The fourth-order valence-electron chi connectivity index (χ4n) is 4.75. The zero-order chi connectivity index (χ0) is 21.2. The zero-order valence-corrected chi connectivity index (χ0v) is 17.5. The number of benzene rings is 1. The second-order valence-corrected chi connectivity index (χ2v) is 8.40. The van der Waals surface area contributed by atoms with Crippen LogP contribution in [0.3, 0.4) is 0 Å². The molecular formula is C23H28N6O2. The van der Waals surface area contributed by atoms with E-state index < -0.39 is 5.97 Å². The monoisotopic (exact) mass is 420 g/mol. The summed E-state index contributed by atoms with van der Waals surface area (Å²) in [6, 6.07) is 10.7. The predicted molar refractivity (Wildman–Crippen MR) is 121 cm³/mol. The molecule has 1 aliphatic carbocycles.